The van der Waals surface area contributed by atoms with Crippen LogP contribution in [0.4, 0.5) is 0 Å². The molecule has 15 heavy (non-hydrogen) atoms. The molecular weight excluding hydrogens is 234 g/mol. The van der Waals surface area contributed by atoms with E-state index < -0.39 is 9.05 Å². The molecule has 1 aliphatic heterocycles. The van der Waals surface area contributed by atoms with Gasteiger partial charge < -0.3 is 4.90 Å². The Morgan fingerprint density at radius 3 is 2.27 bits per heavy atom. The predicted octanol–water partition coefficient (Wildman–Crippen LogP) is 1.92. The van der Waals surface area contributed by atoms with Crippen LogP contribution in [0.15, 0.2) is 0 Å². The van der Waals surface area contributed by atoms with E-state index in [1.165, 1.54) is 6.42 Å². The minimum absolute atomic E-state index is 0.0911. The van der Waals surface area contributed by atoms with Crippen LogP contribution in [0.3, 0.4) is 0 Å². The Morgan fingerprint density at radius 1 is 1.27 bits per heavy atom. The first-order chi connectivity index (χ1) is 6.87. The molecule has 0 amide bonds. The standard InChI is InChI=1S/C10H20ClNO2S/c1-9-6-10(2)8-12(7-9)4-3-5-15(11,13)14/h9-10H,3-8H2,1-2H3. The van der Waals surface area contributed by atoms with Gasteiger partial charge in [-0.25, -0.2) is 8.42 Å². The Balaban J connectivity index is 2.26. The lowest BCUT2D eigenvalue weighted by Crippen LogP contribution is -2.39. The van der Waals surface area contributed by atoms with Crippen LogP contribution in [0.5, 0.6) is 0 Å². The summed E-state index contributed by atoms with van der Waals surface area (Å²) in [6.07, 6.45) is 1.93. The lowest BCUT2D eigenvalue weighted by atomic mass is 9.92. The molecule has 0 radical (unpaired) electrons. The zero-order valence-corrected chi connectivity index (χ0v) is 11.0. The molecule has 0 aliphatic carbocycles. The highest BCUT2D eigenvalue weighted by molar-refractivity contribution is 8.13. The highest BCUT2D eigenvalue weighted by atomic mass is 35.7. The minimum Gasteiger partial charge on any atom is -0.303 e. The van der Waals surface area contributed by atoms with E-state index in [1.807, 2.05) is 0 Å². The molecule has 2 unspecified atom stereocenters. The summed E-state index contributed by atoms with van der Waals surface area (Å²) in [4.78, 5) is 2.35. The number of hydrogen-bond donors (Lipinski definition) is 0. The summed E-state index contributed by atoms with van der Waals surface area (Å²) in [5.74, 6) is 1.54. The molecule has 1 saturated heterocycles. The third kappa shape index (κ3) is 5.73. The average molecular weight is 254 g/mol. The van der Waals surface area contributed by atoms with Crippen LogP contribution in [0.2, 0.25) is 0 Å². The van der Waals surface area contributed by atoms with Gasteiger partial charge in [0.1, 0.15) is 0 Å². The predicted molar refractivity (Wildman–Crippen MR) is 63.6 cm³/mol. The van der Waals surface area contributed by atoms with Crippen molar-refractivity contribution in [1.29, 1.82) is 0 Å². The molecule has 0 spiro atoms. The number of rotatable bonds is 4. The largest absolute Gasteiger partial charge is 0.303 e. The van der Waals surface area contributed by atoms with Gasteiger partial charge in [-0.2, -0.15) is 0 Å². The van der Waals surface area contributed by atoms with Crippen molar-refractivity contribution >= 4 is 19.7 Å². The molecule has 90 valence electrons. The second-order valence-corrected chi connectivity index (χ2v) is 7.70. The molecule has 0 aromatic rings. The van der Waals surface area contributed by atoms with E-state index in [0.29, 0.717) is 6.42 Å². The lowest BCUT2D eigenvalue weighted by Gasteiger charge is -2.34. The van der Waals surface area contributed by atoms with Crippen LogP contribution in [0, 0.1) is 11.8 Å². The molecule has 0 bridgehead atoms. The maximum atomic E-state index is 10.7. The fourth-order valence-electron chi connectivity index (χ4n) is 2.44. The van der Waals surface area contributed by atoms with Gasteiger partial charge in [0.2, 0.25) is 9.05 Å². The van der Waals surface area contributed by atoms with E-state index >= 15 is 0 Å². The fourth-order valence-corrected chi connectivity index (χ4v) is 3.24. The van der Waals surface area contributed by atoms with Gasteiger partial charge in [0.05, 0.1) is 5.75 Å². The van der Waals surface area contributed by atoms with Crippen molar-refractivity contribution in [3.8, 4) is 0 Å². The number of nitrogens with zero attached hydrogens (tertiary/aromatic N) is 1. The van der Waals surface area contributed by atoms with Crippen LogP contribution in [-0.4, -0.2) is 38.7 Å². The molecular formula is C10H20ClNO2S. The zero-order chi connectivity index (χ0) is 11.5. The van der Waals surface area contributed by atoms with Gasteiger partial charge in [0.15, 0.2) is 0 Å². The van der Waals surface area contributed by atoms with Gasteiger partial charge in [-0.3, -0.25) is 0 Å². The maximum Gasteiger partial charge on any atom is 0.232 e. The van der Waals surface area contributed by atoms with Crippen molar-refractivity contribution in [2.24, 2.45) is 11.8 Å². The van der Waals surface area contributed by atoms with Crippen molar-refractivity contribution in [2.45, 2.75) is 26.7 Å². The Labute approximate surface area is 97.2 Å². The van der Waals surface area contributed by atoms with Gasteiger partial charge >= 0.3 is 0 Å². The molecule has 0 N–H and O–H groups in total. The normalized spacial score (nSPS) is 29.3. The van der Waals surface area contributed by atoms with Crippen LogP contribution in [-0.2, 0) is 9.05 Å². The molecule has 1 aliphatic rings. The number of hydrogen-bond acceptors (Lipinski definition) is 3. The molecule has 1 fully saturated rings. The van der Waals surface area contributed by atoms with Gasteiger partial charge in [-0.05, 0) is 31.2 Å². The molecule has 2 atom stereocenters. The van der Waals surface area contributed by atoms with Gasteiger partial charge in [-0.1, -0.05) is 13.8 Å². The Morgan fingerprint density at radius 2 is 1.80 bits per heavy atom. The van der Waals surface area contributed by atoms with Crippen LogP contribution >= 0.6 is 10.7 Å². The number of piperidine rings is 1. The monoisotopic (exact) mass is 253 g/mol. The first-order valence-corrected chi connectivity index (χ1v) is 7.99. The summed E-state index contributed by atoms with van der Waals surface area (Å²) in [5, 5.41) is 0. The van der Waals surface area contributed by atoms with Crippen molar-refractivity contribution < 1.29 is 8.42 Å². The van der Waals surface area contributed by atoms with Gasteiger partial charge in [-0.15, -0.1) is 0 Å². The van der Waals surface area contributed by atoms with Crippen molar-refractivity contribution in [3.05, 3.63) is 0 Å². The fraction of sp³-hybridized carbons (Fsp3) is 1.00. The van der Waals surface area contributed by atoms with E-state index in [4.69, 9.17) is 10.7 Å². The molecule has 0 aromatic carbocycles. The van der Waals surface area contributed by atoms with E-state index in [0.717, 1.165) is 31.5 Å². The SMILES string of the molecule is CC1CC(C)CN(CCCS(=O)(=O)Cl)C1. The summed E-state index contributed by atoms with van der Waals surface area (Å²) < 4.78 is 21.5. The molecule has 0 saturated carbocycles. The topological polar surface area (TPSA) is 37.4 Å². The highest BCUT2D eigenvalue weighted by Crippen LogP contribution is 2.20. The minimum atomic E-state index is -3.31. The van der Waals surface area contributed by atoms with Crippen LogP contribution in [0.25, 0.3) is 0 Å². The molecule has 0 aromatic heterocycles. The molecule has 1 rings (SSSR count). The number of likely N-dealkylation sites (tertiary alicyclic amines) is 1. The van der Waals surface area contributed by atoms with Crippen molar-refractivity contribution in [3.63, 3.8) is 0 Å². The lowest BCUT2D eigenvalue weighted by molar-refractivity contribution is 0.141. The van der Waals surface area contributed by atoms with E-state index in [1.54, 1.807) is 0 Å². The first kappa shape index (κ1) is 13.3. The highest BCUT2D eigenvalue weighted by Gasteiger charge is 2.21. The molecule has 1 heterocycles. The van der Waals surface area contributed by atoms with Crippen molar-refractivity contribution in [1.82, 2.24) is 4.90 Å². The maximum absolute atomic E-state index is 10.7. The van der Waals surface area contributed by atoms with Crippen LogP contribution < -0.4 is 0 Å². The Bertz CT molecular complexity index is 282. The van der Waals surface area contributed by atoms with E-state index in [-0.39, 0.29) is 5.75 Å². The third-order valence-electron chi connectivity index (χ3n) is 2.81. The quantitative estimate of drug-likeness (QED) is 0.719. The second kappa shape index (κ2) is 5.51. The summed E-state index contributed by atoms with van der Waals surface area (Å²) in [6.45, 7) is 7.53. The molecule has 5 heteroatoms. The average Bonchev–Trinajstić information content (AvgIpc) is 1.99. The van der Waals surface area contributed by atoms with E-state index in [2.05, 4.69) is 18.7 Å². The zero-order valence-electron chi connectivity index (χ0n) is 9.45. The van der Waals surface area contributed by atoms with Crippen molar-refractivity contribution in [2.75, 3.05) is 25.4 Å². The summed E-state index contributed by atoms with van der Waals surface area (Å²) in [7, 11) is 1.86. The summed E-state index contributed by atoms with van der Waals surface area (Å²) in [5.41, 5.74) is 0. The van der Waals surface area contributed by atoms with Gasteiger partial charge in [0, 0.05) is 23.8 Å². The Kier molecular flexibility index (Phi) is 4.87. The Hall–Kier alpha value is 0.200. The van der Waals surface area contributed by atoms with Gasteiger partial charge in [0.25, 0.3) is 0 Å². The summed E-state index contributed by atoms with van der Waals surface area (Å²) >= 11 is 0. The summed E-state index contributed by atoms with van der Waals surface area (Å²) in [6, 6.07) is 0. The molecule has 3 nitrogen and oxygen atoms in total. The van der Waals surface area contributed by atoms with E-state index in [9.17, 15) is 8.42 Å². The van der Waals surface area contributed by atoms with Crippen LogP contribution in [0.1, 0.15) is 26.7 Å². The third-order valence-corrected chi connectivity index (χ3v) is 4.05. The first-order valence-electron chi connectivity index (χ1n) is 5.51. The number of halogens is 1. The smallest absolute Gasteiger partial charge is 0.232 e. The second-order valence-electron chi connectivity index (χ2n) is 4.80.